The molecule has 0 radical (unpaired) electrons. The number of unbranched alkanes of at least 4 members (excludes halogenated alkanes) is 1. The molecule has 0 bridgehead atoms. The van der Waals surface area contributed by atoms with E-state index in [1.54, 1.807) is 0 Å². The summed E-state index contributed by atoms with van der Waals surface area (Å²) in [6.07, 6.45) is 4.07. The molecule has 1 aromatic carbocycles. The highest BCUT2D eigenvalue weighted by molar-refractivity contribution is 9.10. The predicted octanol–water partition coefficient (Wildman–Crippen LogP) is 4.76. The van der Waals surface area contributed by atoms with Crippen LogP contribution in [0.1, 0.15) is 66.5 Å². The van der Waals surface area contributed by atoms with Crippen molar-refractivity contribution in [2.24, 2.45) is 7.05 Å². The lowest BCUT2D eigenvalue weighted by Gasteiger charge is -2.20. The van der Waals surface area contributed by atoms with Gasteiger partial charge in [0.15, 0.2) is 0 Å². The van der Waals surface area contributed by atoms with Gasteiger partial charge < -0.3 is 15.6 Å². The lowest BCUT2D eigenvalue weighted by atomic mass is 10.0. The van der Waals surface area contributed by atoms with E-state index in [2.05, 4.69) is 28.2 Å². The van der Waals surface area contributed by atoms with Crippen molar-refractivity contribution in [3.8, 4) is 0 Å². The van der Waals surface area contributed by atoms with Crippen LogP contribution in [0.5, 0.6) is 0 Å². The largest absolute Gasteiger partial charge is 0.399 e. The number of anilines is 2. The Morgan fingerprint density at radius 1 is 1.18 bits per heavy atom. The molecule has 28 heavy (non-hydrogen) atoms. The number of nitrogens with two attached hydrogens (primary N) is 1. The lowest BCUT2D eigenvalue weighted by Crippen LogP contribution is -2.29. The fraction of sp³-hybridized carbons (Fsp3) is 0.455. The fourth-order valence-electron chi connectivity index (χ4n) is 3.48. The second kappa shape index (κ2) is 9.41. The van der Waals surface area contributed by atoms with Crippen LogP contribution in [0, 0.1) is 6.92 Å². The zero-order valence-electron chi connectivity index (χ0n) is 17.4. The van der Waals surface area contributed by atoms with Gasteiger partial charge in [0.05, 0.1) is 4.47 Å². The van der Waals surface area contributed by atoms with E-state index in [0.717, 1.165) is 53.9 Å². The molecule has 1 heterocycles. The van der Waals surface area contributed by atoms with Crippen molar-refractivity contribution < 1.29 is 4.79 Å². The third kappa shape index (κ3) is 4.32. The van der Waals surface area contributed by atoms with Gasteiger partial charge in [0.25, 0.3) is 5.91 Å². The van der Waals surface area contributed by atoms with Gasteiger partial charge in [0.2, 0.25) is 5.43 Å². The van der Waals surface area contributed by atoms with E-state index in [1.807, 2.05) is 44.5 Å². The average Bonchev–Trinajstić information content (AvgIpc) is 2.68. The van der Waals surface area contributed by atoms with Gasteiger partial charge in [-0.05, 0) is 71.8 Å². The molecule has 0 aliphatic carbocycles. The highest BCUT2D eigenvalue weighted by Crippen LogP contribution is 2.27. The maximum atomic E-state index is 13.3. The Kier molecular flexibility index (Phi) is 7.47. The van der Waals surface area contributed by atoms with Crippen LogP contribution < -0.4 is 16.5 Å². The Morgan fingerprint density at radius 2 is 1.75 bits per heavy atom. The molecule has 3 N–H and O–H groups in total. The molecule has 0 aliphatic heterocycles. The summed E-state index contributed by atoms with van der Waals surface area (Å²) in [4.78, 5) is 26.3. The number of hydrogen-bond acceptors (Lipinski definition) is 3. The van der Waals surface area contributed by atoms with Gasteiger partial charge in [-0.3, -0.25) is 9.59 Å². The number of aryl methyl sites for hydroxylation is 2. The molecule has 152 valence electrons. The molecule has 1 amide bonds. The smallest absolute Gasteiger partial charge is 0.261 e. The van der Waals surface area contributed by atoms with Crippen molar-refractivity contribution in [3.63, 3.8) is 0 Å². The minimum atomic E-state index is -0.360. The lowest BCUT2D eigenvalue weighted by molar-refractivity contribution is 0.102. The Morgan fingerprint density at radius 3 is 2.25 bits per heavy atom. The minimum Gasteiger partial charge on any atom is -0.399 e. The van der Waals surface area contributed by atoms with Crippen molar-refractivity contribution in [3.05, 3.63) is 54.9 Å². The maximum absolute atomic E-state index is 13.3. The summed E-state index contributed by atoms with van der Waals surface area (Å²) in [5.74, 6) is -0.360. The van der Waals surface area contributed by atoms with Crippen LogP contribution >= 0.6 is 15.9 Å². The SMILES string of the molecule is CCCCc1c(C(=O)Nc2c(CC)cc(N)cc2CC)c(=O)c(Br)c(C)n1C. The average molecular weight is 448 g/mol. The molecule has 0 spiro atoms. The van der Waals surface area contributed by atoms with E-state index < -0.39 is 0 Å². The second-order valence-corrected chi connectivity index (χ2v) is 7.88. The number of halogens is 1. The first-order valence-electron chi connectivity index (χ1n) is 9.87. The van der Waals surface area contributed by atoms with Gasteiger partial charge in [-0.15, -0.1) is 0 Å². The van der Waals surface area contributed by atoms with Crippen molar-refractivity contribution in [1.29, 1.82) is 0 Å². The van der Waals surface area contributed by atoms with Crippen molar-refractivity contribution in [1.82, 2.24) is 4.57 Å². The number of aromatic nitrogens is 1. The van der Waals surface area contributed by atoms with Crippen LogP contribution in [0.2, 0.25) is 0 Å². The first-order chi connectivity index (χ1) is 13.3. The molecule has 2 rings (SSSR count). The molecule has 0 saturated carbocycles. The number of pyridine rings is 1. The van der Waals surface area contributed by atoms with Crippen LogP contribution in [0.25, 0.3) is 0 Å². The van der Waals surface area contributed by atoms with Crippen LogP contribution in [-0.4, -0.2) is 10.5 Å². The Bertz CT molecular complexity index is 923. The number of benzene rings is 1. The fourth-order valence-corrected chi connectivity index (χ4v) is 3.95. The maximum Gasteiger partial charge on any atom is 0.261 e. The zero-order chi connectivity index (χ0) is 21.0. The molecule has 0 aliphatic rings. The number of rotatable bonds is 7. The summed E-state index contributed by atoms with van der Waals surface area (Å²) in [7, 11) is 1.90. The van der Waals surface area contributed by atoms with Crippen molar-refractivity contribution in [2.75, 3.05) is 11.1 Å². The van der Waals surface area contributed by atoms with Crippen LogP contribution in [0.15, 0.2) is 21.4 Å². The van der Waals surface area contributed by atoms with Crippen LogP contribution in [0.4, 0.5) is 11.4 Å². The normalized spacial score (nSPS) is 10.9. The molecular weight excluding hydrogens is 418 g/mol. The third-order valence-electron chi connectivity index (χ3n) is 5.26. The minimum absolute atomic E-state index is 0.217. The molecule has 6 heteroatoms. The van der Waals surface area contributed by atoms with Gasteiger partial charge in [-0.1, -0.05) is 27.2 Å². The van der Waals surface area contributed by atoms with Gasteiger partial charge in [0.1, 0.15) is 5.56 Å². The third-order valence-corrected chi connectivity index (χ3v) is 6.19. The van der Waals surface area contributed by atoms with Gasteiger partial charge in [-0.2, -0.15) is 0 Å². The zero-order valence-corrected chi connectivity index (χ0v) is 19.0. The summed E-state index contributed by atoms with van der Waals surface area (Å²) in [5, 5.41) is 3.03. The van der Waals surface area contributed by atoms with E-state index in [9.17, 15) is 9.59 Å². The Balaban J connectivity index is 2.61. The highest BCUT2D eigenvalue weighted by Gasteiger charge is 2.23. The second-order valence-electron chi connectivity index (χ2n) is 7.09. The highest BCUT2D eigenvalue weighted by atomic mass is 79.9. The van der Waals surface area contributed by atoms with E-state index in [-0.39, 0.29) is 16.9 Å². The molecule has 0 unspecified atom stereocenters. The van der Waals surface area contributed by atoms with Crippen molar-refractivity contribution in [2.45, 2.75) is 59.8 Å². The molecule has 0 atom stereocenters. The molecule has 2 aromatic rings. The van der Waals surface area contributed by atoms with Crippen LogP contribution in [0.3, 0.4) is 0 Å². The Labute approximate surface area is 175 Å². The molecule has 0 fully saturated rings. The van der Waals surface area contributed by atoms with Gasteiger partial charge in [-0.25, -0.2) is 0 Å². The number of carbonyl (C=O) groups excluding carboxylic acids is 1. The topological polar surface area (TPSA) is 77.1 Å². The monoisotopic (exact) mass is 447 g/mol. The Hall–Kier alpha value is -2.08. The quantitative estimate of drug-likeness (QED) is 0.600. The molecule has 1 aromatic heterocycles. The first-order valence-corrected chi connectivity index (χ1v) is 10.7. The number of amides is 1. The van der Waals surface area contributed by atoms with Gasteiger partial charge >= 0.3 is 0 Å². The summed E-state index contributed by atoms with van der Waals surface area (Å²) >= 11 is 3.37. The van der Waals surface area contributed by atoms with E-state index in [0.29, 0.717) is 16.6 Å². The number of nitrogens with one attached hydrogen (secondary N) is 1. The summed E-state index contributed by atoms with van der Waals surface area (Å²) in [6.45, 7) is 8.03. The standard InChI is InChI=1S/C22H30BrN3O2/c1-6-9-10-17-18(21(27)19(23)13(4)26(17)5)22(28)25-20-14(7-2)11-16(24)12-15(20)8-3/h11-12H,6-10,24H2,1-5H3,(H,25,28). The number of nitrogen functional groups attached to an aromatic ring is 1. The number of hydrogen-bond donors (Lipinski definition) is 2. The number of nitrogens with zero attached hydrogens (tertiary/aromatic N) is 1. The van der Waals surface area contributed by atoms with Gasteiger partial charge in [0, 0.05) is 29.8 Å². The molecular formula is C22H30BrN3O2. The van der Waals surface area contributed by atoms with E-state index >= 15 is 0 Å². The van der Waals surface area contributed by atoms with E-state index in [4.69, 9.17) is 5.73 Å². The summed E-state index contributed by atoms with van der Waals surface area (Å²) in [6, 6.07) is 3.77. The summed E-state index contributed by atoms with van der Waals surface area (Å²) < 4.78 is 2.38. The molecule has 0 saturated heterocycles. The van der Waals surface area contributed by atoms with Crippen molar-refractivity contribution >= 4 is 33.2 Å². The number of carbonyl (C=O) groups is 1. The van der Waals surface area contributed by atoms with Crippen LogP contribution in [-0.2, 0) is 26.3 Å². The van der Waals surface area contributed by atoms with E-state index in [1.165, 1.54) is 0 Å². The summed E-state index contributed by atoms with van der Waals surface area (Å²) in [5.41, 5.74) is 11.0. The predicted molar refractivity (Wildman–Crippen MR) is 120 cm³/mol. The first kappa shape index (κ1) is 22.2. The molecule has 5 nitrogen and oxygen atoms in total.